The Morgan fingerprint density at radius 1 is 1.00 bits per heavy atom. The highest BCUT2D eigenvalue weighted by Gasteiger charge is 2.33. The van der Waals surface area contributed by atoms with Gasteiger partial charge in [-0.15, -0.1) is 0 Å². The Bertz CT molecular complexity index is 635. The van der Waals surface area contributed by atoms with E-state index in [9.17, 15) is 13.2 Å². The van der Waals surface area contributed by atoms with Crippen LogP contribution in [0, 0.1) is 0 Å². The highest BCUT2D eigenvalue weighted by Crippen LogP contribution is 2.29. The van der Waals surface area contributed by atoms with Crippen LogP contribution in [0.25, 0.3) is 0 Å². The molecule has 1 aromatic rings. The topological polar surface area (TPSA) is 31.8 Å². The van der Waals surface area contributed by atoms with Crippen molar-refractivity contribution in [3.63, 3.8) is 0 Å². The van der Waals surface area contributed by atoms with Crippen molar-refractivity contribution in [1.29, 1.82) is 0 Å². The van der Waals surface area contributed by atoms with Crippen LogP contribution in [0.1, 0.15) is 31.4 Å². The van der Waals surface area contributed by atoms with E-state index in [-0.39, 0.29) is 0 Å². The van der Waals surface area contributed by atoms with E-state index in [1.165, 1.54) is 18.9 Å². The molecule has 0 spiro atoms. The van der Waals surface area contributed by atoms with E-state index in [4.69, 9.17) is 4.74 Å². The molecule has 3 saturated heterocycles. The zero-order valence-electron chi connectivity index (χ0n) is 16.2. The highest BCUT2D eigenvalue weighted by atomic mass is 19.4. The Morgan fingerprint density at radius 2 is 1.75 bits per heavy atom. The third-order valence-electron chi connectivity index (χ3n) is 6.22. The highest BCUT2D eigenvalue weighted by molar-refractivity contribution is 5.40. The number of anilines is 1. The number of ether oxygens (including phenoxy) is 1. The Labute approximate surface area is 164 Å². The number of likely N-dealkylation sites (tertiary alicyclic amines) is 1. The molecule has 4 rings (SSSR count). The zero-order chi connectivity index (χ0) is 19.6. The summed E-state index contributed by atoms with van der Waals surface area (Å²) in [6.45, 7) is 7.41. The molecule has 1 aromatic heterocycles. The van der Waals surface area contributed by atoms with Gasteiger partial charge in [0.1, 0.15) is 11.5 Å². The second-order valence-electron chi connectivity index (χ2n) is 8.07. The molecule has 156 valence electrons. The molecule has 0 aliphatic carbocycles. The minimum Gasteiger partial charge on any atom is -0.377 e. The first-order valence-corrected chi connectivity index (χ1v) is 10.4. The number of rotatable bonds is 4. The maximum atomic E-state index is 12.9. The number of hydrogen-bond acceptors (Lipinski definition) is 5. The van der Waals surface area contributed by atoms with Gasteiger partial charge in [0.25, 0.3) is 0 Å². The van der Waals surface area contributed by atoms with E-state index in [0.717, 1.165) is 71.3 Å². The van der Waals surface area contributed by atoms with Gasteiger partial charge >= 0.3 is 6.18 Å². The first kappa shape index (κ1) is 19.9. The van der Waals surface area contributed by atoms with Gasteiger partial charge in [-0.3, -0.25) is 4.90 Å². The summed E-state index contributed by atoms with van der Waals surface area (Å²) in [6.07, 6.45) is 0.718. The number of hydrogen-bond donors (Lipinski definition) is 0. The molecule has 8 heteroatoms. The smallest absolute Gasteiger partial charge is 0.377 e. The molecule has 1 unspecified atom stereocenters. The SMILES string of the molecule is FC(F)(F)c1cccc(N2CCN(C3CCN(CC4CCCO4)CC3)CC2)n1. The normalized spacial score (nSPS) is 26.1. The van der Waals surface area contributed by atoms with E-state index in [0.29, 0.717) is 18.0 Å². The molecular formula is C20H29F3N4O. The summed E-state index contributed by atoms with van der Waals surface area (Å²) in [4.78, 5) is 10.8. The van der Waals surface area contributed by atoms with Crippen LogP contribution in [-0.2, 0) is 10.9 Å². The quantitative estimate of drug-likeness (QED) is 0.779. The van der Waals surface area contributed by atoms with Crippen molar-refractivity contribution in [3.8, 4) is 0 Å². The molecule has 0 N–H and O–H groups in total. The molecule has 0 aromatic carbocycles. The summed E-state index contributed by atoms with van der Waals surface area (Å²) in [5.74, 6) is 0.431. The largest absolute Gasteiger partial charge is 0.433 e. The first-order chi connectivity index (χ1) is 13.5. The first-order valence-electron chi connectivity index (χ1n) is 10.4. The van der Waals surface area contributed by atoms with Crippen molar-refractivity contribution in [2.75, 3.05) is 57.3 Å². The van der Waals surface area contributed by atoms with Crippen LogP contribution in [0.5, 0.6) is 0 Å². The predicted molar refractivity (Wildman–Crippen MR) is 101 cm³/mol. The Kier molecular flexibility index (Phi) is 6.08. The van der Waals surface area contributed by atoms with Crippen molar-refractivity contribution in [1.82, 2.24) is 14.8 Å². The molecule has 5 nitrogen and oxygen atoms in total. The fourth-order valence-electron chi connectivity index (χ4n) is 4.62. The molecule has 28 heavy (non-hydrogen) atoms. The van der Waals surface area contributed by atoms with Crippen LogP contribution in [0.15, 0.2) is 18.2 Å². The predicted octanol–water partition coefficient (Wildman–Crippen LogP) is 2.87. The summed E-state index contributed by atoms with van der Waals surface area (Å²) in [5, 5.41) is 0. The number of piperazine rings is 1. The maximum absolute atomic E-state index is 12.9. The lowest BCUT2D eigenvalue weighted by atomic mass is 10.0. The molecule has 3 aliphatic heterocycles. The third-order valence-corrected chi connectivity index (χ3v) is 6.22. The fraction of sp³-hybridized carbons (Fsp3) is 0.750. The molecule has 3 fully saturated rings. The average Bonchev–Trinajstić information content (AvgIpc) is 3.21. The lowest BCUT2D eigenvalue weighted by Crippen LogP contribution is -2.53. The van der Waals surface area contributed by atoms with Crippen molar-refractivity contribution < 1.29 is 17.9 Å². The number of aromatic nitrogens is 1. The van der Waals surface area contributed by atoms with E-state index in [2.05, 4.69) is 14.8 Å². The average molecular weight is 398 g/mol. The summed E-state index contributed by atoms with van der Waals surface area (Å²) >= 11 is 0. The van der Waals surface area contributed by atoms with Crippen molar-refractivity contribution in [2.24, 2.45) is 0 Å². The Hall–Kier alpha value is -1.38. The van der Waals surface area contributed by atoms with Gasteiger partial charge in [0.2, 0.25) is 0 Å². The van der Waals surface area contributed by atoms with Gasteiger partial charge in [0.05, 0.1) is 6.10 Å². The van der Waals surface area contributed by atoms with E-state index >= 15 is 0 Å². The Morgan fingerprint density at radius 3 is 2.39 bits per heavy atom. The molecule has 0 amide bonds. The van der Waals surface area contributed by atoms with Gasteiger partial charge in [0.15, 0.2) is 0 Å². The fourth-order valence-corrected chi connectivity index (χ4v) is 4.62. The molecule has 0 radical (unpaired) electrons. The summed E-state index contributed by atoms with van der Waals surface area (Å²) in [6, 6.07) is 4.73. The maximum Gasteiger partial charge on any atom is 0.433 e. The lowest BCUT2D eigenvalue weighted by molar-refractivity contribution is -0.141. The van der Waals surface area contributed by atoms with Crippen LogP contribution in [0.2, 0.25) is 0 Å². The monoisotopic (exact) mass is 398 g/mol. The van der Waals surface area contributed by atoms with Crippen LogP contribution in [0.3, 0.4) is 0 Å². The van der Waals surface area contributed by atoms with Gasteiger partial charge in [-0.2, -0.15) is 13.2 Å². The lowest BCUT2D eigenvalue weighted by Gasteiger charge is -2.43. The summed E-state index contributed by atoms with van der Waals surface area (Å²) in [7, 11) is 0. The van der Waals surface area contributed by atoms with E-state index < -0.39 is 11.9 Å². The van der Waals surface area contributed by atoms with E-state index in [1.54, 1.807) is 6.07 Å². The standard InChI is InChI=1S/C20H29F3N4O/c21-20(22,23)18-4-1-5-19(24-18)27-12-10-26(11-13-27)16-6-8-25(9-7-16)15-17-3-2-14-28-17/h1,4-5,16-17H,2-3,6-15H2. The summed E-state index contributed by atoms with van der Waals surface area (Å²) < 4.78 is 44.4. The minimum atomic E-state index is -4.39. The van der Waals surface area contributed by atoms with Gasteiger partial charge in [-0.05, 0) is 50.9 Å². The minimum absolute atomic E-state index is 0.417. The van der Waals surface area contributed by atoms with E-state index in [1.807, 2.05) is 4.90 Å². The third kappa shape index (κ3) is 4.78. The number of nitrogens with zero attached hydrogens (tertiary/aromatic N) is 4. The van der Waals surface area contributed by atoms with Gasteiger partial charge in [0, 0.05) is 45.4 Å². The molecule has 4 heterocycles. The van der Waals surface area contributed by atoms with Crippen LogP contribution < -0.4 is 4.90 Å². The number of halogens is 3. The zero-order valence-corrected chi connectivity index (χ0v) is 16.2. The van der Waals surface area contributed by atoms with Gasteiger partial charge in [-0.25, -0.2) is 4.98 Å². The van der Waals surface area contributed by atoms with Crippen LogP contribution in [0.4, 0.5) is 19.0 Å². The summed E-state index contributed by atoms with van der Waals surface area (Å²) in [5.41, 5.74) is -0.814. The number of alkyl halides is 3. The van der Waals surface area contributed by atoms with Crippen molar-refractivity contribution in [2.45, 2.75) is 44.0 Å². The second kappa shape index (κ2) is 8.55. The van der Waals surface area contributed by atoms with Crippen molar-refractivity contribution >= 4 is 5.82 Å². The van der Waals surface area contributed by atoms with Gasteiger partial charge < -0.3 is 14.5 Å². The molecular weight excluding hydrogens is 369 g/mol. The molecule has 1 atom stereocenters. The van der Waals surface area contributed by atoms with Crippen LogP contribution >= 0.6 is 0 Å². The Balaban J connectivity index is 1.25. The van der Waals surface area contributed by atoms with Crippen LogP contribution in [-0.4, -0.2) is 79.3 Å². The number of pyridine rings is 1. The van der Waals surface area contributed by atoms with Gasteiger partial charge in [-0.1, -0.05) is 6.07 Å². The van der Waals surface area contributed by atoms with Crippen molar-refractivity contribution in [3.05, 3.63) is 23.9 Å². The second-order valence-corrected chi connectivity index (χ2v) is 8.07. The molecule has 0 saturated carbocycles. The molecule has 3 aliphatic rings. The molecule has 0 bridgehead atoms. The number of piperidine rings is 1.